The van der Waals surface area contributed by atoms with Crippen LogP contribution in [0.1, 0.15) is 40.3 Å². The van der Waals surface area contributed by atoms with Gasteiger partial charge >= 0.3 is 0 Å². The Morgan fingerprint density at radius 1 is 1.11 bits per heavy atom. The van der Waals surface area contributed by atoms with Crippen molar-refractivity contribution in [2.45, 2.75) is 26.3 Å². The molecule has 0 spiro atoms. The van der Waals surface area contributed by atoms with Crippen LogP contribution in [0.4, 0.5) is 0 Å². The van der Waals surface area contributed by atoms with E-state index in [1.54, 1.807) is 4.68 Å². The Morgan fingerprint density at radius 3 is 2.39 bits per heavy atom. The molecule has 0 bridgehead atoms. The van der Waals surface area contributed by atoms with E-state index >= 15 is 0 Å². The van der Waals surface area contributed by atoms with Gasteiger partial charge in [-0.2, -0.15) is 5.10 Å². The molecule has 0 aliphatic carbocycles. The summed E-state index contributed by atoms with van der Waals surface area (Å²) >= 11 is 0. The van der Waals surface area contributed by atoms with Crippen molar-refractivity contribution in [2.75, 3.05) is 20.6 Å². The lowest BCUT2D eigenvalue weighted by Crippen LogP contribution is -2.34. The summed E-state index contributed by atoms with van der Waals surface area (Å²) in [5, 5.41) is 7.53. The first-order valence-electron chi connectivity index (χ1n) is 9.65. The Kier molecular flexibility index (Phi) is 6.26. The van der Waals surface area contributed by atoms with Crippen LogP contribution in [0, 0.1) is 6.92 Å². The molecule has 5 nitrogen and oxygen atoms in total. The van der Waals surface area contributed by atoms with Crippen molar-refractivity contribution in [1.82, 2.24) is 20.0 Å². The van der Waals surface area contributed by atoms with E-state index < -0.39 is 0 Å². The molecule has 3 aromatic rings. The van der Waals surface area contributed by atoms with Crippen LogP contribution in [0.3, 0.4) is 0 Å². The molecular weight excluding hydrogens is 348 g/mol. The number of hydrogen-bond donors (Lipinski definition) is 1. The molecule has 0 fully saturated rings. The van der Waals surface area contributed by atoms with Gasteiger partial charge in [-0.05, 0) is 56.8 Å². The molecule has 5 heteroatoms. The molecule has 1 heterocycles. The summed E-state index contributed by atoms with van der Waals surface area (Å²) in [5.74, 6) is -0.158. The van der Waals surface area contributed by atoms with E-state index in [0.717, 1.165) is 17.8 Å². The highest BCUT2D eigenvalue weighted by Crippen LogP contribution is 2.19. The number of nitrogens with one attached hydrogen (secondary N) is 1. The van der Waals surface area contributed by atoms with Gasteiger partial charge in [-0.15, -0.1) is 0 Å². The minimum Gasteiger partial charge on any atom is -0.349 e. The number of aromatic nitrogens is 2. The molecule has 0 saturated heterocycles. The second-order valence-electron chi connectivity index (χ2n) is 7.20. The third-order valence-corrected chi connectivity index (χ3v) is 4.97. The Balaban J connectivity index is 1.71. The van der Waals surface area contributed by atoms with Gasteiger partial charge < -0.3 is 10.2 Å². The van der Waals surface area contributed by atoms with Gasteiger partial charge in [-0.1, -0.05) is 49.4 Å². The first kappa shape index (κ1) is 19.8. The summed E-state index contributed by atoms with van der Waals surface area (Å²) in [4.78, 5) is 14.8. The van der Waals surface area contributed by atoms with Gasteiger partial charge in [0.25, 0.3) is 5.91 Å². The van der Waals surface area contributed by atoms with Crippen molar-refractivity contribution in [1.29, 1.82) is 0 Å². The van der Waals surface area contributed by atoms with E-state index in [1.807, 2.05) is 57.4 Å². The van der Waals surface area contributed by atoms with Gasteiger partial charge in [0.1, 0.15) is 0 Å². The molecule has 1 N–H and O–H groups in total. The molecule has 0 radical (unpaired) electrons. The fourth-order valence-corrected chi connectivity index (χ4v) is 3.27. The van der Waals surface area contributed by atoms with Crippen molar-refractivity contribution in [3.05, 3.63) is 83.2 Å². The third kappa shape index (κ3) is 4.49. The Labute approximate surface area is 167 Å². The Morgan fingerprint density at radius 2 is 1.79 bits per heavy atom. The summed E-state index contributed by atoms with van der Waals surface area (Å²) in [6.45, 7) is 4.62. The maximum Gasteiger partial charge on any atom is 0.271 e. The summed E-state index contributed by atoms with van der Waals surface area (Å²) in [6.07, 6.45) is 1.02. The quantitative estimate of drug-likeness (QED) is 0.683. The van der Waals surface area contributed by atoms with Crippen molar-refractivity contribution < 1.29 is 4.79 Å². The highest BCUT2D eigenvalue weighted by molar-refractivity contribution is 5.92. The fourth-order valence-electron chi connectivity index (χ4n) is 3.27. The highest BCUT2D eigenvalue weighted by atomic mass is 16.1. The second kappa shape index (κ2) is 8.85. The molecule has 2 aromatic carbocycles. The highest BCUT2D eigenvalue weighted by Gasteiger charge is 2.18. The topological polar surface area (TPSA) is 50.2 Å². The van der Waals surface area contributed by atoms with Crippen LogP contribution in [0.2, 0.25) is 0 Å². The van der Waals surface area contributed by atoms with E-state index in [-0.39, 0.29) is 11.9 Å². The first-order valence-corrected chi connectivity index (χ1v) is 9.65. The van der Waals surface area contributed by atoms with Crippen molar-refractivity contribution >= 4 is 5.91 Å². The summed E-state index contributed by atoms with van der Waals surface area (Å²) in [6, 6.07) is 20.3. The van der Waals surface area contributed by atoms with Crippen LogP contribution in [0.15, 0.2) is 60.7 Å². The molecule has 1 atom stereocenters. The van der Waals surface area contributed by atoms with Crippen LogP contribution in [0.25, 0.3) is 5.69 Å². The van der Waals surface area contributed by atoms with Crippen molar-refractivity contribution in [2.24, 2.45) is 0 Å². The van der Waals surface area contributed by atoms with Crippen LogP contribution in [0.5, 0.6) is 0 Å². The Hall–Kier alpha value is -2.92. The predicted octanol–water partition coefficient (Wildman–Crippen LogP) is 3.78. The fraction of sp³-hybridized carbons (Fsp3) is 0.304. The van der Waals surface area contributed by atoms with Crippen LogP contribution in [-0.4, -0.2) is 41.2 Å². The second-order valence-corrected chi connectivity index (χ2v) is 7.20. The number of aryl methyl sites for hydroxylation is 2. The number of nitrogens with zero attached hydrogens (tertiary/aromatic N) is 3. The number of rotatable bonds is 7. The smallest absolute Gasteiger partial charge is 0.271 e. The monoisotopic (exact) mass is 376 g/mol. The molecule has 1 amide bonds. The van der Waals surface area contributed by atoms with Gasteiger partial charge in [-0.25, -0.2) is 4.68 Å². The normalized spacial score (nSPS) is 12.2. The predicted molar refractivity (Wildman–Crippen MR) is 113 cm³/mol. The van der Waals surface area contributed by atoms with E-state index in [4.69, 9.17) is 0 Å². The molecule has 1 unspecified atom stereocenters. The molecule has 146 valence electrons. The summed E-state index contributed by atoms with van der Waals surface area (Å²) < 4.78 is 1.79. The lowest BCUT2D eigenvalue weighted by molar-refractivity contribution is 0.0936. The lowest BCUT2D eigenvalue weighted by atomic mass is 10.0. The van der Waals surface area contributed by atoms with Crippen LogP contribution < -0.4 is 5.32 Å². The van der Waals surface area contributed by atoms with Gasteiger partial charge in [0.15, 0.2) is 5.69 Å². The minimum absolute atomic E-state index is 0.104. The zero-order valence-electron chi connectivity index (χ0n) is 17.0. The van der Waals surface area contributed by atoms with E-state index in [2.05, 4.69) is 46.5 Å². The number of carbonyl (C=O) groups excluding carboxylic acids is 1. The molecule has 3 rings (SSSR count). The number of para-hydroxylation sites is 1. The van der Waals surface area contributed by atoms with E-state index in [1.165, 1.54) is 11.1 Å². The average Bonchev–Trinajstić information content (AvgIpc) is 3.10. The van der Waals surface area contributed by atoms with Crippen LogP contribution >= 0.6 is 0 Å². The number of amides is 1. The van der Waals surface area contributed by atoms with Crippen molar-refractivity contribution in [3.63, 3.8) is 0 Å². The number of likely N-dealkylation sites (N-methyl/N-ethyl adjacent to an activating group) is 1. The first-order chi connectivity index (χ1) is 13.5. The molecule has 0 aliphatic rings. The largest absolute Gasteiger partial charge is 0.349 e. The molecule has 0 aliphatic heterocycles. The zero-order chi connectivity index (χ0) is 20.1. The summed E-state index contributed by atoms with van der Waals surface area (Å²) in [5.41, 5.74) is 4.80. The SMILES string of the molecule is CCc1ccc(C(CNC(=O)c2cc(C)n(-c3ccccc3)n2)N(C)C)cc1. The Bertz CT molecular complexity index is 914. The maximum atomic E-state index is 12.7. The van der Waals surface area contributed by atoms with Gasteiger partial charge in [0.05, 0.1) is 11.7 Å². The van der Waals surface area contributed by atoms with E-state index in [0.29, 0.717) is 12.2 Å². The number of hydrogen-bond acceptors (Lipinski definition) is 3. The maximum absolute atomic E-state index is 12.7. The number of benzene rings is 2. The van der Waals surface area contributed by atoms with Crippen molar-refractivity contribution in [3.8, 4) is 5.69 Å². The standard InChI is InChI=1S/C23H28N4O/c1-5-18-11-13-19(14-12-18)22(26(3)4)16-24-23(28)21-15-17(2)27(25-21)20-9-7-6-8-10-20/h6-15,22H,5,16H2,1-4H3,(H,24,28). The van der Waals surface area contributed by atoms with Gasteiger partial charge in [-0.3, -0.25) is 4.79 Å². The zero-order valence-corrected chi connectivity index (χ0v) is 17.0. The number of carbonyl (C=O) groups is 1. The molecule has 1 aromatic heterocycles. The molecular formula is C23H28N4O. The minimum atomic E-state index is -0.158. The van der Waals surface area contributed by atoms with Gasteiger partial charge in [0.2, 0.25) is 0 Å². The lowest BCUT2D eigenvalue weighted by Gasteiger charge is -2.25. The molecule has 28 heavy (non-hydrogen) atoms. The average molecular weight is 377 g/mol. The molecule has 0 saturated carbocycles. The van der Waals surface area contributed by atoms with Crippen LogP contribution in [-0.2, 0) is 6.42 Å². The van der Waals surface area contributed by atoms with Gasteiger partial charge in [0, 0.05) is 12.2 Å². The van der Waals surface area contributed by atoms with E-state index in [9.17, 15) is 4.79 Å². The third-order valence-electron chi connectivity index (χ3n) is 4.97. The summed E-state index contributed by atoms with van der Waals surface area (Å²) in [7, 11) is 4.05.